The van der Waals surface area contributed by atoms with Crippen molar-refractivity contribution in [2.45, 2.75) is 39.5 Å². The molecule has 0 bridgehead atoms. The molecule has 0 fully saturated rings. The Labute approximate surface area is 148 Å². The number of benzene rings is 1. The van der Waals surface area contributed by atoms with E-state index in [9.17, 15) is 4.79 Å². The van der Waals surface area contributed by atoms with Gasteiger partial charge in [0.2, 0.25) is 0 Å². The van der Waals surface area contributed by atoms with E-state index in [2.05, 4.69) is 9.97 Å². The average molecular weight is 340 g/mol. The standard InChI is InChI=1S/C19H24N4O2/c1-4-5-16(21)19-15(11-18(24)25-3)12(2)22-17(23-19)10-13-6-8-14(20)9-7-13/h6-9,21H,4-5,10-11,20H2,1-3H3. The van der Waals surface area contributed by atoms with E-state index in [1.807, 2.05) is 38.1 Å². The molecule has 0 saturated carbocycles. The number of nitrogens with one attached hydrogen (secondary N) is 1. The second kappa shape index (κ2) is 8.37. The molecule has 1 aromatic carbocycles. The number of carbonyl (C=O) groups excluding carboxylic acids is 1. The number of nitrogen functional groups attached to an aromatic ring is 1. The number of ether oxygens (including phenoxy) is 1. The highest BCUT2D eigenvalue weighted by molar-refractivity contribution is 5.98. The molecule has 0 aliphatic heterocycles. The quantitative estimate of drug-likeness (QED) is 0.458. The van der Waals surface area contributed by atoms with Crippen LogP contribution >= 0.6 is 0 Å². The van der Waals surface area contributed by atoms with Gasteiger partial charge in [-0.05, 0) is 31.0 Å². The van der Waals surface area contributed by atoms with Gasteiger partial charge in [-0.1, -0.05) is 25.5 Å². The maximum Gasteiger partial charge on any atom is 0.310 e. The average Bonchev–Trinajstić information content (AvgIpc) is 2.59. The normalized spacial score (nSPS) is 10.5. The molecule has 6 heteroatoms. The third-order valence-electron chi connectivity index (χ3n) is 3.94. The number of aromatic nitrogens is 2. The summed E-state index contributed by atoms with van der Waals surface area (Å²) >= 11 is 0. The van der Waals surface area contributed by atoms with Gasteiger partial charge < -0.3 is 15.9 Å². The van der Waals surface area contributed by atoms with Crippen LogP contribution in [0.1, 0.15) is 48.1 Å². The van der Waals surface area contributed by atoms with Crippen LogP contribution in [0.25, 0.3) is 0 Å². The van der Waals surface area contributed by atoms with Crippen molar-refractivity contribution in [3.63, 3.8) is 0 Å². The molecular formula is C19H24N4O2. The topological polar surface area (TPSA) is 102 Å². The van der Waals surface area contributed by atoms with Crippen LogP contribution in [0.4, 0.5) is 5.69 Å². The smallest absolute Gasteiger partial charge is 0.310 e. The van der Waals surface area contributed by atoms with Gasteiger partial charge in [0, 0.05) is 23.4 Å². The second-order valence-corrected chi connectivity index (χ2v) is 5.95. The second-order valence-electron chi connectivity index (χ2n) is 5.95. The molecule has 6 nitrogen and oxygen atoms in total. The summed E-state index contributed by atoms with van der Waals surface area (Å²) in [7, 11) is 1.35. The van der Waals surface area contributed by atoms with Gasteiger partial charge in [0.15, 0.2) is 0 Å². The van der Waals surface area contributed by atoms with Crippen LogP contribution in [0.15, 0.2) is 24.3 Å². The first-order valence-electron chi connectivity index (χ1n) is 8.30. The van der Waals surface area contributed by atoms with E-state index in [0.717, 1.165) is 12.0 Å². The number of methoxy groups -OCH3 is 1. The molecule has 0 unspecified atom stereocenters. The summed E-state index contributed by atoms with van der Waals surface area (Å²) in [5.41, 5.74) is 9.82. The third-order valence-corrected chi connectivity index (χ3v) is 3.94. The number of anilines is 1. The Bertz CT molecular complexity index is 770. The first-order valence-corrected chi connectivity index (χ1v) is 8.30. The molecule has 0 aliphatic carbocycles. The fourth-order valence-electron chi connectivity index (χ4n) is 2.60. The fourth-order valence-corrected chi connectivity index (χ4v) is 2.60. The van der Waals surface area contributed by atoms with Crippen LogP contribution in [-0.2, 0) is 22.4 Å². The van der Waals surface area contributed by atoms with Crippen LogP contribution in [0, 0.1) is 12.3 Å². The molecule has 2 aromatic rings. The van der Waals surface area contributed by atoms with Crippen molar-refractivity contribution in [3.05, 3.63) is 52.6 Å². The summed E-state index contributed by atoms with van der Waals surface area (Å²) in [6.45, 7) is 3.85. The molecule has 0 spiro atoms. The van der Waals surface area contributed by atoms with Crippen molar-refractivity contribution in [1.29, 1.82) is 5.41 Å². The SMILES string of the molecule is CCCC(=N)c1nc(Cc2ccc(N)cc2)nc(C)c1CC(=O)OC. The Morgan fingerprint density at radius 3 is 2.52 bits per heavy atom. The van der Waals surface area contributed by atoms with E-state index in [0.29, 0.717) is 47.0 Å². The minimum Gasteiger partial charge on any atom is -0.469 e. The molecule has 132 valence electrons. The summed E-state index contributed by atoms with van der Waals surface area (Å²) in [5.74, 6) is 0.273. The molecule has 0 amide bonds. The zero-order chi connectivity index (χ0) is 18.4. The largest absolute Gasteiger partial charge is 0.469 e. The number of esters is 1. The van der Waals surface area contributed by atoms with Crippen LogP contribution in [0.2, 0.25) is 0 Å². The van der Waals surface area contributed by atoms with Gasteiger partial charge in [0.1, 0.15) is 5.82 Å². The summed E-state index contributed by atoms with van der Waals surface area (Å²) < 4.78 is 4.76. The zero-order valence-corrected chi connectivity index (χ0v) is 14.9. The van der Waals surface area contributed by atoms with Crippen molar-refractivity contribution in [2.75, 3.05) is 12.8 Å². The highest BCUT2D eigenvalue weighted by Crippen LogP contribution is 2.17. The molecule has 1 aromatic heterocycles. The molecular weight excluding hydrogens is 316 g/mol. The number of hydrogen-bond acceptors (Lipinski definition) is 6. The molecule has 2 rings (SSSR count). The number of aryl methyl sites for hydroxylation is 1. The lowest BCUT2D eigenvalue weighted by Gasteiger charge is -2.13. The first-order chi connectivity index (χ1) is 11.9. The molecule has 25 heavy (non-hydrogen) atoms. The maximum atomic E-state index is 11.7. The van der Waals surface area contributed by atoms with Crippen molar-refractivity contribution < 1.29 is 9.53 Å². The zero-order valence-electron chi connectivity index (χ0n) is 14.9. The van der Waals surface area contributed by atoms with Crippen LogP contribution in [0.5, 0.6) is 0 Å². The van der Waals surface area contributed by atoms with Crippen molar-refractivity contribution in [3.8, 4) is 0 Å². The van der Waals surface area contributed by atoms with Crippen molar-refractivity contribution in [1.82, 2.24) is 9.97 Å². The van der Waals surface area contributed by atoms with E-state index in [-0.39, 0.29) is 12.4 Å². The highest BCUT2D eigenvalue weighted by Gasteiger charge is 2.18. The third kappa shape index (κ3) is 4.86. The lowest BCUT2D eigenvalue weighted by molar-refractivity contribution is -0.139. The molecule has 0 atom stereocenters. The van der Waals surface area contributed by atoms with Crippen LogP contribution < -0.4 is 5.73 Å². The lowest BCUT2D eigenvalue weighted by atomic mass is 10.0. The van der Waals surface area contributed by atoms with E-state index < -0.39 is 0 Å². The predicted molar refractivity (Wildman–Crippen MR) is 97.9 cm³/mol. The van der Waals surface area contributed by atoms with E-state index in [4.69, 9.17) is 15.9 Å². The van der Waals surface area contributed by atoms with Crippen LogP contribution in [-0.4, -0.2) is 28.8 Å². The van der Waals surface area contributed by atoms with E-state index in [1.165, 1.54) is 7.11 Å². The summed E-state index contributed by atoms with van der Waals surface area (Å²) in [4.78, 5) is 20.8. The summed E-state index contributed by atoms with van der Waals surface area (Å²) in [6, 6.07) is 7.56. The minimum atomic E-state index is -0.358. The van der Waals surface area contributed by atoms with E-state index >= 15 is 0 Å². The van der Waals surface area contributed by atoms with Gasteiger partial charge >= 0.3 is 5.97 Å². The summed E-state index contributed by atoms with van der Waals surface area (Å²) in [6.07, 6.45) is 2.07. The van der Waals surface area contributed by atoms with Gasteiger partial charge in [-0.2, -0.15) is 0 Å². The molecule has 0 aliphatic rings. The molecule has 1 heterocycles. The first kappa shape index (κ1) is 18.6. The van der Waals surface area contributed by atoms with Gasteiger partial charge in [-0.15, -0.1) is 0 Å². The van der Waals surface area contributed by atoms with Gasteiger partial charge in [-0.3, -0.25) is 4.79 Å². The van der Waals surface area contributed by atoms with Crippen LogP contribution in [0.3, 0.4) is 0 Å². The van der Waals surface area contributed by atoms with Gasteiger partial charge in [0.05, 0.1) is 24.9 Å². The minimum absolute atomic E-state index is 0.0753. The fraction of sp³-hybridized carbons (Fsp3) is 0.368. The Kier molecular flexibility index (Phi) is 6.22. The van der Waals surface area contributed by atoms with Crippen molar-refractivity contribution >= 4 is 17.4 Å². The molecule has 0 saturated heterocycles. The molecule has 0 radical (unpaired) electrons. The van der Waals surface area contributed by atoms with E-state index in [1.54, 1.807) is 0 Å². The Balaban J connectivity index is 2.40. The Hall–Kier alpha value is -2.76. The lowest BCUT2D eigenvalue weighted by Crippen LogP contribution is -2.17. The predicted octanol–water partition coefficient (Wildman–Crippen LogP) is 2.84. The summed E-state index contributed by atoms with van der Waals surface area (Å²) in [5, 5.41) is 8.31. The Morgan fingerprint density at radius 2 is 1.92 bits per heavy atom. The maximum absolute atomic E-state index is 11.7. The number of carbonyl (C=O) groups is 1. The van der Waals surface area contributed by atoms with Gasteiger partial charge in [-0.25, -0.2) is 9.97 Å². The number of rotatable bonds is 7. The number of nitrogens with zero attached hydrogens (tertiary/aromatic N) is 2. The Morgan fingerprint density at radius 1 is 1.24 bits per heavy atom. The molecule has 3 N–H and O–H groups in total. The highest BCUT2D eigenvalue weighted by atomic mass is 16.5. The number of nitrogens with two attached hydrogens (primary N) is 1. The number of hydrogen-bond donors (Lipinski definition) is 2. The van der Waals surface area contributed by atoms with Gasteiger partial charge in [0.25, 0.3) is 0 Å². The van der Waals surface area contributed by atoms with Crippen molar-refractivity contribution in [2.24, 2.45) is 0 Å². The monoisotopic (exact) mass is 340 g/mol.